The first-order chi connectivity index (χ1) is 9.08. The van der Waals surface area contributed by atoms with Crippen LogP contribution < -0.4 is 0 Å². The van der Waals surface area contributed by atoms with Crippen LogP contribution in [-0.2, 0) is 0 Å². The Bertz CT molecular complexity index is 838. The molecule has 6 heteroatoms. The number of hydrogen-bond acceptors (Lipinski definition) is 1. The minimum Gasteiger partial charge on any atom is -0.330 e. The smallest absolute Gasteiger partial charge is 0.182 e. The number of aromatic amines is 1. The van der Waals surface area contributed by atoms with Gasteiger partial charge in [0.25, 0.3) is 0 Å². The molecule has 0 fully saturated rings. The van der Waals surface area contributed by atoms with Crippen molar-refractivity contribution in [1.82, 2.24) is 9.55 Å². The Hall–Kier alpha value is -1.53. The van der Waals surface area contributed by atoms with Gasteiger partial charge in [-0.25, -0.2) is 8.78 Å². The summed E-state index contributed by atoms with van der Waals surface area (Å²) in [4.78, 5) is 2.94. The van der Waals surface area contributed by atoms with Crippen LogP contribution in [0.5, 0.6) is 0 Å². The second kappa shape index (κ2) is 4.54. The maximum absolute atomic E-state index is 13.9. The van der Waals surface area contributed by atoms with E-state index in [2.05, 4.69) is 20.9 Å². The molecule has 0 aliphatic carbocycles. The lowest BCUT2D eigenvalue weighted by Gasteiger charge is -2.06. The molecular formula is C13H7BrF2N2S. The molecule has 0 saturated heterocycles. The van der Waals surface area contributed by atoms with Gasteiger partial charge in [0, 0.05) is 6.07 Å². The second-order valence-electron chi connectivity index (χ2n) is 4.00. The number of benzene rings is 2. The molecule has 3 aromatic rings. The Labute approximate surface area is 120 Å². The van der Waals surface area contributed by atoms with Gasteiger partial charge in [0.15, 0.2) is 4.77 Å². The van der Waals surface area contributed by atoms with E-state index in [9.17, 15) is 8.78 Å². The van der Waals surface area contributed by atoms with Gasteiger partial charge in [-0.1, -0.05) is 12.1 Å². The highest BCUT2D eigenvalue weighted by Gasteiger charge is 2.12. The summed E-state index contributed by atoms with van der Waals surface area (Å²) in [6.45, 7) is 0. The fourth-order valence-electron chi connectivity index (χ4n) is 1.97. The number of nitrogens with one attached hydrogen (secondary N) is 1. The van der Waals surface area contributed by atoms with Crippen LogP contribution in [-0.4, -0.2) is 9.55 Å². The highest BCUT2D eigenvalue weighted by Crippen LogP contribution is 2.26. The summed E-state index contributed by atoms with van der Waals surface area (Å²) >= 11 is 8.29. The number of rotatable bonds is 1. The Morgan fingerprint density at radius 3 is 2.58 bits per heavy atom. The van der Waals surface area contributed by atoms with E-state index < -0.39 is 11.6 Å². The molecule has 0 spiro atoms. The lowest BCUT2D eigenvalue weighted by molar-refractivity contribution is 0.616. The lowest BCUT2D eigenvalue weighted by Crippen LogP contribution is -1.97. The van der Waals surface area contributed by atoms with E-state index in [0.29, 0.717) is 26.0 Å². The Morgan fingerprint density at radius 2 is 1.84 bits per heavy atom. The summed E-state index contributed by atoms with van der Waals surface area (Å²) in [5.41, 5.74) is 1.43. The molecule has 0 radical (unpaired) electrons. The summed E-state index contributed by atoms with van der Waals surface area (Å²) in [6.07, 6.45) is 0. The third kappa shape index (κ3) is 2.01. The Balaban J connectivity index is 2.42. The van der Waals surface area contributed by atoms with Crippen LogP contribution in [0.1, 0.15) is 0 Å². The SMILES string of the molecule is Fc1cc2c(cc1Br)[nH]c(=S)n2-c1ccccc1F. The van der Waals surface area contributed by atoms with Crippen molar-refractivity contribution in [3.63, 3.8) is 0 Å². The van der Waals surface area contributed by atoms with Crippen LogP contribution in [0.15, 0.2) is 40.9 Å². The summed E-state index contributed by atoms with van der Waals surface area (Å²) in [5, 5.41) is 0. The molecule has 0 atom stereocenters. The second-order valence-corrected chi connectivity index (χ2v) is 5.24. The average Bonchev–Trinajstić information content (AvgIpc) is 2.66. The number of para-hydroxylation sites is 1. The molecule has 3 rings (SSSR count). The number of fused-ring (bicyclic) bond motifs is 1. The van der Waals surface area contributed by atoms with Crippen molar-refractivity contribution in [3.8, 4) is 5.69 Å². The van der Waals surface area contributed by atoms with E-state index in [4.69, 9.17) is 12.2 Å². The van der Waals surface area contributed by atoms with E-state index >= 15 is 0 Å². The van der Waals surface area contributed by atoms with Crippen molar-refractivity contribution in [1.29, 1.82) is 0 Å². The molecule has 0 unspecified atom stereocenters. The molecule has 0 aliphatic heterocycles. The van der Waals surface area contributed by atoms with E-state index in [1.165, 1.54) is 16.7 Å². The minimum atomic E-state index is -0.424. The molecule has 19 heavy (non-hydrogen) atoms. The predicted octanol–water partition coefficient (Wildman–Crippen LogP) is 4.73. The Morgan fingerprint density at radius 1 is 1.11 bits per heavy atom. The number of aromatic nitrogens is 2. The highest BCUT2D eigenvalue weighted by atomic mass is 79.9. The molecule has 96 valence electrons. The van der Waals surface area contributed by atoms with Crippen LogP contribution in [0.3, 0.4) is 0 Å². The normalized spacial score (nSPS) is 11.1. The van der Waals surface area contributed by atoms with Gasteiger partial charge in [-0.15, -0.1) is 0 Å². The first-order valence-electron chi connectivity index (χ1n) is 5.42. The number of nitrogens with zero attached hydrogens (tertiary/aromatic N) is 1. The minimum absolute atomic E-state index is 0.292. The Kier molecular flexibility index (Phi) is 2.99. The van der Waals surface area contributed by atoms with Crippen LogP contribution in [0.2, 0.25) is 0 Å². The first kappa shape index (κ1) is 12.5. The van der Waals surface area contributed by atoms with E-state index in [1.54, 1.807) is 24.3 Å². The van der Waals surface area contributed by atoms with Gasteiger partial charge in [0.1, 0.15) is 11.6 Å². The maximum atomic E-state index is 13.9. The van der Waals surface area contributed by atoms with Gasteiger partial charge in [-0.05, 0) is 46.3 Å². The zero-order chi connectivity index (χ0) is 13.6. The van der Waals surface area contributed by atoms with Gasteiger partial charge in [0.2, 0.25) is 0 Å². The quantitative estimate of drug-likeness (QED) is 0.635. The molecular weight excluding hydrogens is 334 g/mol. The van der Waals surface area contributed by atoms with Crippen molar-refractivity contribution in [2.45, 2.75) is 0 Å². The number of halogens is 3. The average molecular weight is 341 g/mol. The van der Waals surface area contributed by atoms with Gasteiger partial charge in [-0.2, -0.15) is 0 Å². The summed E-state index contributed by atoms with van der Waals surface area (Å²) in [6, 6.07) is 9.13. The van der Waals surface area contributed by atoms with Crippen molar-refractivity contribution in [2.24, 2.45) is 0 Å². The third-order valence-corrected chi connectivity index (χ3v) is 3.71. The molecule has 1 heterocycles. The van der Waals surface area contributed by atoms with E-state index in [-0.39, 0.29) is 0 Å². The number of H-pyrrole nitrogens is 1. The summed E-state index contributed by atoms with van der Waals surface area (Å²) < 4.78 is 29.6. The van der Waals surface area contributed by atoms with E-state index in [1.807, 2.05) is 0 Å². The number of imidazole rings is 1. The van der Waals surface area contributed by atoms with E-state index in [0.717, 1.165) is 0 Å². The highest BCUT2D eigenvalue weighted by molar-refractivity contribution is 9.10. The van der Waals surface area contributed by atoms with Crippen LogP contribution in [0, 0.1) is 16.4 Å². The van der Waals surface area contributed by atoms with Gasteiger partial charge < -0.3 is 4.98 Å². The van der Waals surface area contributed by atoms with Crippen molar-refractivity contribution >= 4 is 39.2 Å². The summed E-state index contributed by atoms with van der Waals surface area (Å²) in [5.74, 6) is -0.839. The van der Waals surface area contributed by atoms with Gasteiger partial charge in [0.05, 0.1) is 21.2 Å². The van der Waals surface area contributed by atoms with Crippen molar-refractivity contribution in [3.05, 3.63) is 57.3 Å². The molecule has 1 N–H and O–H groups in total. The molecule has 2 aromatic carbocycles. The van der Waals surface area contributed by atoms with Gasteiger partial charge in [-0.3, -0.25) is 4.57 Å². The lowest BCUT2D eigenvalue weighted by atomic mass is 10.2. The van der Waals surface area contributed by atoms with Gasteiger partial charge >= 0.3 is 0 Å². The molecule has 2 nitrogen and oxygen atoms in total. The number of hydrogen-bond donors (Lipinski definition) is 1. The molecule has 0 saturated carbocycles. The summed E-state index contributed by atoms with van der Waals surface area (Å²) in [7, 11) is 0. The molecule has 0 amide bonds. The van der Waals surface area contributed by atoms with Crippen LogP contribution in [0.4, 0.5) is 8.78 Å². The monoisotopic (exact) mass is 340 g/mol. The fraction of sp³-hybridized carbons (Fsp3) is 0. The zero-order valence-electron chi connectivity index (χ0n) is 9.45. The molecule has 0 bridgehead atoms. The maximum Gasteiger partial charge on any atom is 0.182 e. The fourth-order valence-corrected chi connectivity index (χ4v) is 2.62. The molecule has 1 aromatic heterocycles. The predicted molar refractivity (Wildman–Crippen MR) is 76.1 cm³/mol. The van der Waals surface area contributed by atoms with Crippen LogP contribution >= 0.6 is 28.1 Å². The standard InChI is InChI=1S/C13H7BrF2N2S/c14-7-5-10-12(6-9(7)16)18(13(19)17-10)11-4-2-1-3-8(11)15/h1-6H,(H,17,19). The zero-order valence-corrected chi connectivity index (χ0v) is 11.9. The van der Waals surface area contributed by atoms with Crippen LogP contribution in [0.25, 0.3) is 16.7 Å². The third-order valence-electron chi connectivity index (χ3n) is 2.82. The van der Waals surface area contributed by atoms with Crippen molar-refractivity contribution in [2.75, 3.05) is 0 Å². The largest absolute Gasteiger partial charge is 0.330 e. The van der Waals surface area contributed by atoms with Crippen molar-refractivity contribution < 1.29 is 8.78 Å². The topological polar surface area (TPSA) is 20.7 Å². The molecule has 0 aliphatic rings. The first-order valence-corrected chi connectivity index (χ1v) is 6.63.